The van der Waals surface area contributed by atoms with Gasteiger partial charge in [0.05, 0.1) is 12.2 Å². The summed E-state index contributed by atoms with van der Waals surface area (Å²) in [6.45, 7) is 7.57. The van der Waals surface area contributed by atoms with Crippen LogP contribution in [0.3, 0.4) is 0 Å². The molecule has 5 rings (SSSR count). The molecule has 31 heavy (non-hydrogen) atoms. The van der Waals surface area contributed by atoms with Crippen LogP contribution in [0.25, 0.3) is 11.5 Å². The average molecular weight is 418 g/mol. The van der Waals surface area contributed by atoms with E-state index in [0.717, 1.165) is 41.9 Å². The smallest absolute Gasteiger partial charge is 0.260 e. The number of amides is 1. The molecule has 1 fully saturated rings. The van der Waals surface area contributed by atoms with Gasteiger partial charge in [0, 0.05) is 34.8 Å². The second kappa shape index (κ2) is 7.23. The van der Waals surface area contributed by atoms with Crippen LogP contribution >= 0.6 is 0 Å². The van der Waals surface area contributed by atoms with Crippen molar-refractivity contribution in [1.29, 1.82) is 0 Å². The maximum atomic E-state index is 13.5. The zero-order chi connectivity index (χ0) is 21.8. The zero-order valence-electron chi connectivity index (χ0n) is 18.4. The number of aromatic nitrogens is 5. The fourth-order valence-corrected chi connectivity index (χ4v) is 4.14. The molecule has 160 valence electrons. The third-order valence-corrected chi connectivity index (χ3v) is 6.61. The van der Waals surface area contributed by atoms with Gasteiger partial charge in [-0.2, -0.15) is 0 Å². The number of hydrogen-bond acceptors (Lipinski definition) is 6. The molecule has 4 heterocycles. The SMILES string of the molecule is CCn1cnnc1-c1cccc(N2Cc3c(cc(C4(C)CC4)nc3[C@@H](C)NC)C2=O)n1. The number of nitrogens with zero attached hydrogens (tertiary/aromatic N) is 6. The molecule has 8 heteroatoms. The molecule has 0 saturated heterocycles. The normalized spacial score (nSPS) is 17.7. The Bertz CT molecular complexity index is 1160. The highest BCUT2D eigenvalue weighted by molar-refractivity contribution is 6.10. The van der Waals surface area contributed by atoms with Gasteiger partial charge in [-0.25, -0.2) is 4.98 Å². The van der Waals surface area contributed by atoms with E-state index in [1.54, 1.807) is 11.2 Å². The van der Waals surface area contributed by atoms with Crippen LogP contribution < -0.4 is 10.2 Å². The number of nitrogens with one attached hydrogen (secondary N) is 1. The highest BCUT2D eigenvalue weighted by Gasteiger charge is 2.43. The molecule has 1 aliphatic carbocycles. The lowest BCUT2D eigenvalue weighted by atomic mass is 9.97. The summed E-state index contributed by atoms with van der Waals surface area (Å²) >= 11 is 0. The van der Waals surface area contributed by atoms with E-state index < -0.39 is 0 Å². The molecular weight excluding hydrogens is 390 g/mol. The van der Waals surface area contributed by atoms with Crippen molar-refractivity contribution in [1.82, 2.24) is 30.0 Å². The van der Waals surface area contributed by atoms with Crippen LogP contribution in [0.15, 0.2) is 30.6 Å². The molecule has 0 unspecified atom stereocenters. The van der Waals surface area contributed by atoms with Gasteiger partial charge < -0.3 is 9.88 Å². The van der Waals surface area contributed by atoms with Crippen LogP contribution in [0.5, 0.6) is 0 Å². The number of anilines is 1. The number of rotatable bonds is 6. The number of fused-ring (bicyclic) bond motifs is 1. The molecule has 0 spiro atoms. The van der Waals surface area contributed by atoms with Gasteiger partial charge in [0.1, 0.15) is 17.8 Å². The van der Waals surface area contributed by atoms with Crippen molar-refractivity contribution in [3.8, 4) is 11.5 Å². The second-order valence-electron chi connectivity index (χ2n) is 8.70. The summed E-state index contributed by atoms with van der Waals surface area (Å²) in [4.78, 5) is 25.0. The fourth-order valence-electron chi connectivity index (χ4n) is 4.14. The lowest BCUT2D eigenvalue weighted by Crippen LogP contribution is -2.24. The molecule has 0 radical (unpaired) electrons. The predicted octanol–water partition coefficient (Wildman–Crippen LogP) is 3.25. The maximum Gasteiger partial charge on any atom is 0.260 e. The molecule has 1 saturated carbocycles. The van der Waals surface area contributed by atoms with Gasteiger partial charge in [-0.3, -0.25) is 14.7 Å². The average Bonchev–Trinajstić information content (AvgIpc) is 3.23. The minimum Gasteiger partial charge on any atom is -0.313 e. The Kier molecular flexibility index (Phi) is 4.62. The van der Waals surface area contributed by atoms with Gasteiger partial charge in [0.25, 0.3) is 5.91 Å². The predicted molar refractivity (Wildman–Crippen MR) is 118 cm³/mol. The van der Waals surface area contributed by atoms with Crippen LogP contribution in [0.1, 0.15) is 67.0 Å². The van der Waals surface area contributed by atoms with Crippen molar-refractivity contribution in [2.75, 3.05) is 11.9 Å². The lowest BCUT2D eigenvalue weighted by molar-refractivity contribution is 0.0996. The minimum atomic E-state index is -0.0194. The number of carbonyl (C=O) groups excluding carboxylic acids is 1. The van der Waals surface area contributed by atoms with Crippen molar-refractivity contribution in [3.05, 3.63) is 53.1 Å². The number of carbonyl (C=O) groups is 1. The molecular formula is C23H27N7O. The van der Waals surface area contributed by atoms with E-state index in [2.05, 4.69) is 29.4 Å². The van der Waals surface area contributed by atoms with E-state index in [-0.39, 0.29) is 17.4 Å². The topological polar surface area (TPSA) is 88.8 Å². The quantitative estimate of drug-likeness (QED) is 0.662. The number of aryl methyl sites for hydroxylation is 1. The largest absolute Gasteiger partial charge is 0.313 e. The van der Waals surface area contributed by atoms with Crippen molar-refractivity contribution in [2.24, 2.45) is 0 Å². The Morgan fingerprint density at radius 3 is 2.77 bits per heavy atom. The molecule has 1 aliphatic heterocycles. The van der Waals surface area contributed by atoms with E-state index in [4.69, 9.17) is 9.97 Å². The third-order valence-electron chi connectivity index (χ3n) is 6.61. The highest BCUT2D eigenvalue weighted by atomic mass is 16.2. The van der Waals surface area contributed by atoms with Gasteiger partial charge >= 0.3 is 0 Å². The van der Waals surface area contributed by atoms with Crippen molar-refractivity contribution >= 4 is 11.7 Å². The highest BCUT2D eigenvalue weighted by Crippen LogP contribution is 2.48. The van der Waals surface area contributed by atoms with Crippen LogP contribution in [0, 0.1) is 0 Å². The summed E-state index contributed by atoms with van der Waals surface area (Å²) in [5, 5.41) is 11.5. The number of pyridine rings is 2. The Morgan fingerprint density at radius 1 is 1.26 bits per heavy atom. The van der Waals surface area contributed by atoms with E-state index in [1.807, 2.05) is 42.8 Å². The van der Waals surface area contributed by atoms with Gasteiger partial charge in [-0.05, 0) is 51.9 Å². The van der Waals surface area contributed by atoms with E-state index in [1.165, 1.54) is 0 Å². The first-order chi connectivity index (χ1) is 14.9. The summed E-state index contributed by atoms with van der Waals surface area (Å²) in [6, 6.07) is 7.75. The van der Waals surface area contributed by atoms with Gasteiger partial charge in [0.15, 0.2) is 5.82 Å². The molecule has 3 aromatic rings. The molecule has 2 aliphatic rings. The summed E-state index contributed by atoms with van der Waals surface area (Å²) in [5.41, 5.74) is 4.52. The second-order valence-corrected chi connectivity index (χ2v) is 8.70. The Balaban J connectivity index is 1.55. The molecule has 8 nitrogen and oxygen atoms in total. The van der Waals surface area contributed by atoms with Gasteiger partial charge in [-0.15, -0.1) is 10.2 Å². The first-order valence-corrected chi connectivity index (χ1v) is 10.8. The van der Waals surface area contributed by atoms with Crippen molar-refractivity contribution in [2.45, 2.75) is 58.2 Å². The molecule has 1 N–H and O–H groups in total. The molecule has 1 atom stereocenters. The maximum absolute atomic E-state index is 13.5. The Labute approximate surface area is 181 Å². The third kappa shape index (κ3) is 3.22. The van der Waals surface area contributed by atoms with Crippen molar-refractivity contribution < 1.29 is 4.79 Å². The molecule has 0 bridgehead atoms. The number of hydrogen-bond donors (Lipinski definition) is 1. The lowest BCUT2D eigenvalue weighted by Gasteiger charge is -2.18. The summed E-state index contributed by atoms with van der Waals surface area (Å²) < 4.78 is 1.94. The van der Waals surface area contributed by atoms with Crippen LogP contribution in [0.4, 0.5) is 5.82 Å². The van der Waals surface area contributed by atoms with Gasteiger partial charge in [-0.1, -0.05) is 13.0 Å². The van der Waals surface area contributed by atoms with Crippen LogP contribution in [0.2, 0.25) is 0 Å². The van der Waals surface area contributed by atoms with E-state index in [0.29, 0.717) is 23.9 Å². The Morgan fingerprint density at radius 2 is 2.06 bits per heavy atom. The van der Waals surface area contributed by atoms with Crippen molar-refractivity contribution in [3.63, 3.8) is 0 Å². The first kappa shape index (κ1) is 19.8. The summed E-state index contributed by atoms with van der Waals surface area (Å²) in [6.07, 6.45) is 3.93. The standard InChI is InChI=1S/C23H27N7O/c1-5-29-13-25-28-21(29)17-7-6-8-19(26-17)30-12-16-15(22(30)31)11-18(23(3)9-10-23)27-20(16)14(2)24-4/h6-8,11,13-14,24H,5,9-10,12H2,1-4H3/t14-/m1/s1. The van der Waals surface area contributed by atoms with Crippen LogP contribution in [-0.2, 0) is 18.5 Å². The summed E-state index contributed by atoms with van der Waals surface area (Å²) in [5.74, 6) is 1.30. The summed E-state index contributed by atoms with van der Waals surface area (Å²) in [7, 11) is 1.92. The molecule has 0 aromatic carbocycles. The molecule has 1 amide bonds. The van der Waals surface area contributed by atoms with E-state index in [9.17, 15) is 4.79 Å². The Hall–Kier alpha value is -3.13. The minimum absolute atomic E-state index is 0.0194. The zero-order valence-corrected chi connectivity index (χ0v) is 18.4. The van der Waals surface area contributed by atoms with Crippen LogP contribution in [-0.4, -0.2) is 37.7 Å². The van der Waals surface area contributed by atoms with E-state index >= 15 is 0 Å². The monoisotopic (exact) mass is 417 g/mol. The van der Waals surface area contributed by atoms with Gasteiger partial charge in [0.2, 0.25) is 0 Å². The molecule has 3 aromatic heterocycles. The first-order valence-electron chi connectivity index (χ1n) is 10.8. The fraction of sp³-hybridized carbons (Fsp3) is 0.435.